The molecular weight excluding hydrogens is 653 g/mol. The first-order valence-electron chi connectivity index (χ1n) is 15.8. The van der Waals surface area contributed by atoms with Crippen molar-refractivity contribution in [2.45, 2.75) is 57.4 Å². The molecule has 2 aromatic rings. The lowest BCUT2D eigenvalue weighted by Gasteiger charge is -2.30. The number of sulfone groups is 1. The van der Waals surface area contributed by atoms with E-state index in [1.807, 2.05) is 0 Å². The highest BCUT2D eigenvalue weighted by molar-refractivity contribution is 7.90. The van der Waals surface area contributed by atoms with Crippen molar-refractivity contribution in [2.75, 3.05) is 56.8 Å². The first kappa shape index (κ1) is 36.1. The Hall–Kier alpha value is -2.70. The van der Waals surface area contributed by atoms with Gasteiger partial charge in [-0.3, -0.25) is 14.5 Å². The number of anilines is 1. The lowest BCUT2D eigenvalue weighted by molar-refractivity contribution is -0.150. The Morgan fingerprint density at radius 3 is 2.28 bits per heavy atom. The molecule has 13 heteroatoms. The molecule has 1 aliphatic carbocycles. The highest BCUT2D eigenvalue weighted by Gasteiger charge is 2.42. The first-order chi connectivity index (χ1) is 22.0. The van der Waals surface area contributed by atoms with Crippen LogP contribution >= 0.6 is 23.2 Å². The van der Waals surface area contributed by atoms with E-state index < -0.39 is 33.2 Å². The summed E-state index contributed by atoms with van der Waals surface area (Å²) in [6.07, 6.45) is 6.28. The summed E-state index contributed by atoms with van der Waals surface area (Å²) in [4.78, 5) is 42.2. The summed E-state index contributed by atoms with van der Waals surface area (Å²) < 4.78 is 34.3. The molecule has 1 saturated carbocycles. The van der Waals surface area contributed by atoms with Crippen molar-refractivity contribution in [3.8, 4) is 0 Å². The van der Waals surface area contributed by atoms with Crippen LogP contribution in [-0.2, 0) is 35.3 Å². The SMILES string of the molecule is CS(=O)(=O)CCCCC1(C(=O)N[C@@H](Cc2ccc(NC(=O)c3c(Cl)cccc3Cl)cc2)C(=O)OCCN2CCOCC2)CCCC1. The van der Waals surface area contributed by atoms with Gasteiger partial charge in [-0.2, -0.15) is 0 Å². The molecule has 4 rings (SSSR count). The van der Waals surface area contributed by atoms with Crippen LogP contribution in [0.3, 0.4) is 0 Å². The molecule has 1 saturated heterocycles. The van der Waals surface area contributed by atoms with E-state index in [0.29, 0.717) is 57.6 Å². The lowest BCUT2D eigenvalue weighted by atomic mass is 9.80. The van der Waals surface area contributed by atoms with E-state index in [4.69, 9.17) is 32.7 Å². The number of carbonyl (C=O) groups excluding carboxylic acids is 3. The molecule has 2 aliphatic rings. The zero-order valence-electron chi connectivity index (χ0n) is 26.2. The molecule has 0 unspecified atom stereocenters. The fourth-order valence-electron chi connectivity index (χ4n) is 6.04. The number of hydrogen-bond donors (Lipinski definition) is 2. The molecule has 2 amide bonds. The van der Waals surface area contributed by atoms with E-state index in [1.165, 1.54) is 6.26 Å². The van der Waals surface area contributed by atoms with Gasteiger partial charge in [0, 0.05) is 49.2 Å². The Morgan fingerprint density at radius 1 is 1.00 bits per heavy atom. The van der Waals surface area contributed by atoms with Crippen LogP contribution in [0.15, 0.2) is 42.5 Å². The van der Waals surface area contributed by atoms with E-state index in [2.05, 4.69) is 15.5 Å². The smallest absolute Gasteiger partial charge is 0.329 e. The van der Waals surface area contributed by atoms with Crippen molar-refractivity contribution in [1.29, 1.82) is 0 Å². The van der Waals surface area contributed by atoms with E-state index in [-0.39, 0.29) is 40.3 Å². The number of morpholine rings is 1. The average Bonchev–Trinajstić information content (AvgIpc) is 3.50. The standard InChI is InChI=1S/C33H43Cl2N3O7S/c1-46(42,43)22-5-4-15-33(13-2-3-14-33)32(41)37-28(31(40)45-21-18-38-16-19-44-20-17-38)23-24-9-11-25(12-10-24)36-30(39)29-26(34)7-6-8-27(29)35/h6-12,28H,2-5,13-23H2,1H3,(H,36,39)(H,37,41)/t28-/m0/s1. The summed E-state index contributed by atoms with van der Waals surface area (Å²) in [5.41, 5.74) is 0.808. The number of amides is 2. The minimum atomic E-state index is -3.08. The fourth-order valence-corrected chi connectivity index (χ4v) is 7.34. The maximum atomic E-state index is 13.8. The number of nitrogens with one attached hydrogen (secondary N) is 2. The average molecular weight is 697 g/mol. The van der Waals surface area contributed by atoms with Gasteiger partial charge in [0.15, 0.2) is 0 Å². The minimum absolute atomic E-state index is 0.0880. The molecule has 0 radical (unpaired) electrons. The summed E-state index contributed by atoms with van der Waals surface area (Å²) in [5.74, 6) is -1.07. The number of hydrogen-bond acceptors (Lipinski definition) is 8. The van der Waals surface area contributed by atoms with Crippen molar-refractivity contribution in [3.63, 3.8) is 0 Å². The number of benzene rings is 2. The van der Waals surface area contributed by atoms with E-state index >= 15 is 0 Å². The Balaban J connectivity index is 1.43. The van der Waals surface area contributed by atoms with Crippen LogP contribution in [0.5, 0.6) is 0 Å². The van der Waals surface area contributed by atoms with E-state index in [1.54, 1.807) is 42.5 Å². The number of rotatable bonds is 15. The Kier molecular flexibility index (Phi) is 13.3. The van der Waals surface area contributed by atoms with Crippen LogP contribution in [0.25, 0.3) is 0 Å². The van der Waals surface area contributed by atoms with Crippen LogP contribution in [0.2, 0.25) is 10.0 Å². The summed E-state index contributed by atoms with van der Waals surface area (Å²) in [6, 6.07) is 10.9. The largest absolute Gasteiger partial charge is 0.463 e. The molecule has 1 heterocycles. The molecule has 46 heavy (non-hydrogen) atoms. The summed E-state index contributed by atoms with van der Waals surface area (Å²) in [5, 5.41) is 6.28. The molecule has 252 valence electrons. The first-order valence-corrected chi connectivity index (χ1v) is 18.6. The van der Waals surface area contributed by atoms with Crippen molar-refractivity contribution < 1.29 is 32.3 Å². The molecule has 1 atom stereocenters. The second-order valence-corrected chi connectivity index (χ2v) is 15.2. The number of carbonyl (C=O) groups is 3. The van der Waals surface area contributed by atoms with Gasteiger partial charge in [-0.05, 0) is 55.5 Å². The van der Waals surface area contributed by atoms with Gasteiger partial charge >= 0.3 is 5.97 Å². The van der Waals surface area contributed by atoms with Gasteiger partial charge < -0.3 is 20.1 Å². The van der Waals surface area contributed by atoms with Gasteiger partial charge in [-0.25, -0.2) is 13.2 Å². The van der Waals surface area contributed by atoms with E-state index in [0.717, 1.165) is 31.5 Å². The molecule has 0 spiro atoms. The Labute approximate surface area is 281 Å². The molecule has 1 aliphatic heterocycles. The normalized spacial score (nSPS) is 17.3. The van der Waals surface area contributed by atoms with E-state index in [9.17, 15) is 22.8 Å². The zero-order valence-corrected chi connectivity index (χ0v) is 28.5. The number of nitrogens with zero attached hydrogens (tertiary/aromatic N) is 1. The fraction of sp³-hybridized carbons (Fsp3) is 0.545. The molecule has 2 fully saturated rings. The molecule has 0 bridgehead atoms. The van der Waals surface area contributed by atoms with Crippen molar-refractivity contribution in [1.82, 2.24) is 10.2 Å². The summed E-state index contributed by atoms with van der Waals surface area (Å²) >= 11 is 12.4. The quantitative estimate of drug-likeness (QED) is 0.198. The van der Waals surface area contributed by atoms with Gasteiger partial charge in [-0.15, -0.1) is 0 Å². The Morgan fingerprint density at radius 2 is 1.65 bits per heavy atom. The van der Waals surface area contributed by atoms with Gasteiger partial charge in [0.25, 0.3) is 5.91 Å². The van der Waals surface area contributed by atoms with Crippen LogP contribution in [-0.4, -0.2) is 88.6 Å². The van der Waals surface area contributed by atoms with Gasteiger partial charge in [0.1, 0.15) is 22.5 Å². The molecule has 0 aromatic heterocycles. The second-order valence-electron chi connectivity index (χ2n) is 12.2. The number of unbranched alkanes of at least 4 members (excludes halogenated alkanes) is 1. The summed E-state index contributed by atoms with van der Waals surface area (Å²) in [7, 11) is -3.08. The van der Waals surface area contributed by atoms with Gasteiger partial charge in [0.05, 0.1) is 28.8 Å². The lowest BCUT2D eigenvalue weighted by Crippen LogP contribution is -2.49. The third-order valence-corrected chi connectivity index (χ3v) is 10.3. The van der Waals surface area contributed by atoms with Crippen molar-refractivity contribution in [2.24, 2.45) is 5.41 Å². The van der Waals surface area contributed by atoms with Crippen molar-refractivity contribution >= 4 is 56.5 Å². The molecule has 2 N–H and O–H groups in total. The predicted molar refractivity (Wildman–Crippen MR) is 179 cm³/mol. The van der Waals surface area contributed by atoms with Crippen LogP contribution in [0.1, 0.15) is 60.9 Å². The minimum Gasteiger partial charge on any atom is -0.463 e. The third-order valence-electron chi connectivity index (χ3n) is 8.65. The highest BCUT2D eigenvalue weighted by Crippen LogP contribution is 2.42. The Bertz CT molecular complexity index is 1440. The van der Waals surface area contributed by atoms with Gasteiger partial charge in [-0.1, -0.05) is 60.7 Å². The maximum absolute atomic E-state index is 13.8. The predicted octanol–water partition coefficient (Wildman–Crippen LogP) is 4.92. The monoisotopic (exact) mass is 695 g/mol. The molecular formula is C33H43Cl2N3O7S. The van der Waals surface area contributed by atoms with Crippen LogP contribution < -0.4 is 10.6 Å². The number of ether oxygens (including phenoxy) is 2. The topological polar surface area (TPSA) is 131 Å². The number of halogens is 2. The molecule has 2 aromatic carbocycles. The van der Waals surface area contributed by atoms with Crippen LogP contribution in [0, 0.1) is 5.41 Å². The maximum Gasteiger partial charge on any atom is 0.329 e. The van der Waals surface area contributed by atoms with Crippen molar-refractivity contribution in [3.05, 3.63) is 63.6 Å². The zero-order chi connectivity index (χ0) is 33.2. The molecule has 10 nitrogen and oxygen atoms in total. The second kappa shape index (κ2) is 16.9. The third kappa shape index (κ3) is 10.7. The summed E-state index contributed by atoms with van der Waals surface area (Å²) in [6.45, 7) is 3.58. The number of esters is 1. The van der Waals surface area contributed by atoms with Gasteiger partial charge in [0.2, 0.25) is 5.91 Å². The highest BCUT2D eigenvalue weighted by atomic mass is 35.5. The van der Waals surface area contributed by atoms with Crippen LogP contribution in [0.4, 0.5) is 5.69 Å².